The maximum absolute atomic E-state index is 12.5. The zero-order chi connectivity index (χ0) is 17.9. The predicted octanol–water partition coefficient (Wildman–Crippen LogP) is 4.01. The summed E-state index contributed by atoms with van der Waals surface area (Å²) in [4.78, 5) is 9.13. The highest BCUT2D eigenvalue weighted by molar-refractivity contribution is 7.98. The molecule has 3 rings (SSSR count). The van der Waals surface area contributed by atoms with E-state index in [0.717, 1.165) is 15.6 Å². The number of fused-ring (bicyclic) bond motifs is 1. The van der Waals surface area contributed by atoms with E-state index >= 15 is 0 Å². The molecule has 0 atom stereocenters. The number of thiazole rings is 1. The van der Waals surface area contributed by atoms with E-state index in [1.54, 1.807) is 35.2 Å². The second-order valence-electron chi connectivity index (χ2n) is 5.29. The first-order valence-electron chi connectivity index (χ1n) is 7.98. The lowest BCUT2D eigenvalue weighted by molar-refractivity contribution is 0.445. The summed E-state index contributed by atoms with van der Waals surface area (Å²) in [7, 11) is -3.45. The van der Waals surface area contributed by atoms with Gasteiger partial charge in [0, 0.05) is 19.3 Å². The molecule has 0 bridgehead atoms. The van der Waals surface area contributed by atoms with Gasteiger partial charge in [-0.1, -0.05) is 37.7 Å². The Morgan fingerprint density at radius 3 is 2.52 bits per heavy atom. The topological polar surface area (TPSA) is 63.2 Å². The summed E-state index contributed by atoms with van der Waals surface area (Å²) in [5.41, 5.74) is 1.01. The van der Waals surface area contributed by atoms with Gasteiger partial charge in [0.05, 0.1) is 21.0 Å². The van der Waals surface area contributed by atoms with Gasteiger partial charge in [0.25, 0.3) is 0 Å². The van der Waals surface area contributed by atoms with Crippen LogP contribution < -0.4 is 0 Å². The van der Waals surface area contributed by atoms with Gasteiger partial charge in [0.15, 0.2) is 0 Å². The van der Waals surface area contributed by atoms with Crippen LogP contribution in [0.1, 0.15) is 18.9 Å². The standard InChI is InChI=1S/C17H19N3O2S3/c1-3-20(4-2)25(21,22)13-9-10-16(18-11-13)23-12-17-19-14-7-5-6-8-15(14)24-17/h5-11H,3-4,12H2,1-2H3. The first kappa shape index (κ1) is 18.3. The molecular weight excluding hydrogens is 374 g/mol. The molecule has 5 nitrogen and oxygen atoms in total. The number of pyridine rings is 1. The van der Waals surface area contributed by atoms with E-state index in [1.807, 2.05) is 32.0 Å². The number of nitrogens with zero attached hydrogens (tertiary/aromatic N) is 3. The molecule has 2 aromatic heterocycles. The maximum Gasteiger partial charge on any atom is 0.244 e. The summed E-state index contributed by atoms with van der Waals surface area (Å²) in [5, 5.41) is 1.82. The van der Waals surface area contributed by atoms with Gasteiger partial charge in [-0.25, -0.2) is 18.4 Å². The number of sulfonamides is 1. The molecule has 0 spiro atoms. The van der Waals surface area contributed by atoms with Crippen molar-refractivity contribution in [2.75, 3.05) is 13.1 Å². The lowest BCUT2D eigenvalue weighted by atomic mass is 10.3. The lowest BCUT2D eigenvalue weighted by Crippen LogP contribution is -2.30. The van der Waals surface area contributed by atoms with Gasteiger partial charge in [0.1, 0.15) is 9.90 Å². The Bertz CT molecular complexity index is 916. The van der Waals surface area contributed by atoms with E-state index in [4.69, 9.17) is 0 Å². The molecule has 0 N–H and O–H groups in total. The van der Waals surface area contributed by atoms with Crippen molar-refractivity contribution in [3.63, 3.8) is 0 Å². The number of thioether (sulfide) groups is 1. The first-order valence-corrected chi connectivity index (χ1v) is 11.2. The van der Waals surface area contributed by atoms with Gasteiger partial charge in [0.2, 0.25) is 10.0 Å². The predicted molar refractivity (Wildman–Crippen MR) is 104 cm³/mol. The van der Waals surface area contributed by atoms with Crippen LogP contribution in [0.15, 0.2) is 52.5 Å². The number of hydrogen-bond acceptors (Lipinski definition) is 6. The molecule has 0 aliphatic carbocycles. The van der Waals surface area contributed by atoms with Crippen LogP contribution in [0.5, 0.6) is 0 Å². The molecule has 0 fully saturated rings. The van der Waals surface area contributed by atoms with Crippen LogP contribution >= 0.6 is 23.1 Å². The summed E-state index contributed by atoms with van der Waals surface area (Å²) < 4.78 is 27.5. The minimum Gasteiger partial charge on any atom is -0.249 e. The zero-order valence-corrected chi connectivity index (χ0v) is 16.5. The van der Waals surface area contributed by atoms with Crippen LogP contribution in [0.2, 0.25) is 0 Å². The Morgan fingerprint density at radius 2 is 1.88 bits per heavy atom. The number of para-hydroxylation sites is 1. The average Bonchev–Trinajstić information content (AvgIpc) is 3.04. The van der Waals surface area contributed by atoms with Gasteiger partial charge >= 0.3 is 0 Å². The van der Waals surface area contributed by atoms with E-state index in [1.165, 1.54) is 15.2 Å². The lowest BCUT2D eigenvalue weighted by Gasteiger charge is -2.18. The Kier molecular flexibility index (Phi) is 5.73. The van der Waals surface area contributed by atoms with Crippen LogP contribution in [-0.2, 0) is 15.8 Å². The van der Waals surface area contributed by atoms with Crippen molar-refractivity contribution >= 4 is 43.3 Å². The smallest absolute Gasteiger partial charge is 0.244 e. The molecule has 0 radical (unpaired) electrons. The minimum atomic E-state index is -3.45. The summed E-state index contributed by atoms with van der Waals surface area (Å²) in [6.07, 6.45) is 1.44. The molecule has 0 unspecified atom stereocenters. The van der Waals surface area contributed by atoms with Crippen molar-refractivity contribution in [3.8, 4) is 0 Å². The van der Waals surface area contributed by atoms with Crippen LogP contribution in [0.25, 0.3) is 10.2 Å². The normalized spacial score (nSPS) is 12.1. The van der Waals surface area contributed by atoms with Gasteiger partial charge in [-0.05, 0) is 24.3 Å². The number of benzene rings is 1. The molecule has 0 saturated heterocycles. The summed E-state index contributed by atoms with van der Waals surface area (Å²) in [6.45, 7) is 4.56. The van der Waals surface area contributed by atoms with Crippen molar-refractivity contribution < 1.29 is 8.42 Å². The van der Waals surface area contributed by atoms with E-state index in [9.17, 15) is 8.42 Å². The van der Waals surface area contributed by atoms with Gasteiger partial charge in [-0.15, -0.1) is 11.3 Å². The average molecular weight is 394 g/mol. The van der Waals surface area contributed by atoms with E-state index in [2.05, 4.69) is 16.0 Å². The van der Waals surface area contributed by atoms with Gasteiger partial charge in [-0.2, -0.15) is 4.31 Å². The van der Waals surface area contributed by atoms with Crippen molar-refractivity contribution in [2.45, 2.75) is 29.5 Å². The molecule has 3 aromatic rings. The van der Waals surface area contributed by atoms with Crippen molar-refractivity contribution in [1.29, 1.82) is 0 Å². The molecule has 8 heteroatoms. The van der Waals surface area contributed by atoms with E-state index in [0.29, 0.717) is 18.8 Å². The third kappa shape index (κ3) is 4.03. The summed E-state index contributed by atoms with van der Waals surface area (Å²) in [6, 6.07) is 11.4. The third-order valence-electron chi connectivity index (χ3n) is 3.73. The highest BCUT2D eigenvalue weighted by atomic mass is 32.2. The maximum atomic E-state index is 12.5. The van der Waals surface area contributed by atoms with Crippen molar-refractivity contribution in [3.05, 3.63) is 47.6 Å². The Labute approximate surface area is 156 Å². The number of aromatic nitrogens is 2. The summed E-state index contributed by atoms with van der Waals surface area (Å²) in [5.74, 6) is 0.717. The molecular formula is C17H19N3O2S3. The van der Waals surface area contributed by atoms with E-state index < -0.39 is 10.0 Å². The van der Waals surface area contributed by atoms with Crippen LogP contribution in [-0.4, -0.2) is 35.8 Å². The zero-order valence-electron chi connectivity index (χ0n) is 14.0. The van der Waals surface area contributed by atoms with Gasteiger partial charge < -0.3 is 0 Å². The molecule has 2 heterocycles. The molecule has 132 valence electrons. The fraction of sp³-hybridized carbons (Fsp3) is 0.294. The SMILES string of the molecule is CCN(CC)S(=O)(=O)c1ccc(SCc2nc3ccccc3s2)nc1. The van der Waals surface area contributed by atoms with Crippen molar-refractivity contribution in [2.24, 2.45) is 0 Å². The molecule has 0 amide bonds. The second kappa shape index (κ2) is 7.82. The first-order chi connectivity index (χ1) is 12.0. The van der Waals surface area contributed by atoms with E-state index in [-0.39, 0.29) is 4.90 Å². The highest BCUT2D eigenvalue weighted by Gasteiger charge is 2.21. The fourth-order valence-electron chi connectivity index (χ4n) is 2.43. The third-order valence-corrected chi connectivity index (χ3v) is 7.94. The Hall–Kier alpha value is -1.48. The molecule has 1 aromatic carbocycles. The summed E-state index contributed by atoms with van der Waals surface area (Å²) >= 11 is 3.23. The Morgan fingerprint density at radius 1 is 1.12 bits per heavy atom. The van der Waals surface area contributed by atoms with Crippen LogP contribution in [0, 0.1) is 0 Å². The van der Waals surface area contributed by atoms with Gasteiger partial charge in [-0.3, -0.25) is 0 Å². The molecule has 0 aliphatic rings. The van der Waals surface area contributed by atoms with Crippen LogP contribution in [0.3, 0.4) is 0 Å². The number of rotatable bonds is 7. The molecule has 0 saturated carbocycles. The highest BCUT2D eigenvalue weighted by Crippen LogP contribution is 2.28. The quantitative estimate of drug-likeness (QED) is 0.568. The van der Waals surface area contributed by atoms with Crippen molar-refractivity contribution in [1.82, 2.24) is 14.3 Å². The molecule has 0 aliphatic heterocycles. The fourth-order valence-corrected chi connectivity index (χ4v) is 5.64. The van der Waals surface area contributed by atoms with Crippen LogP contribution in [0.4, 0.5) is 0 Å². The largest absolute Gasteiger partial charge is 0.249 e. The monoisotopic (exact) mass is 393 g/mol. The number of hydrogen-bond donors (Lipinski definition) is 0. The second-order valence-corrected chi connectivity index (χ2v) is 9.33. The minimum absolute atomic E-state index is 0.237. The Balaban J connectivity index is 1.70. The molecule has 25 heavy (non-hydrogen) atoms.